The van der Waals surface area contributed by atoms with E-state index in [0.29, 0.717) is 6.42 Å². The maximum Gasteiger partial charge on any atom is 0.226 e. The molecule has 2 saturated carbocycles. The largest absolute Gasteiger partial charge is 0.393 e. The van der Waals surface area contributed by atoms with Crippen LogP contribution in [0.1, 0.15) is 40.0 Å². The molecule has 1 amide bonds. The molecule has 0 unspecified atom stereocenters. The van der Waals surface area contributed by atoms with Crippen molar-refractivity contribution >= 4 is 5.91 Å². The summed E-state index contributed by atoms with van der Waals surface area (Å²) < 4.78 is 0. The molecule has 0 radical (unpaired) electrons. The molecule has 0 aromatic carbocycles. The van der Waals surface area contributed by atoms with E-state index < -0.39 is 0 Å². The van der Waals surface area contributed by atoms with Crippen molar-refractivity contribution in [1.82, 2.24) is 5.32 Å². The van der Waals surface area contributed by atoms with Crippen molar-refractivity contribution < 1.29 is 9.90 Å². The van der Waals surface area contributed by atoms with Crippen LogP contribution in [-0.4, -0.2) is 24.2 Å². The Morgan fingerprint density at radius 3 is 2.27 bits per heavy atom. The molecule has 3 heteroatoms. The van der Waals surface area contributed by atoms with Crippen molar-refractivity contribution in [3.63, 3.8) is 0 Å². The normalized spacial score (nSPS) is 46.9. The lowest BCUT2D eigenvalue weighted by Crippen LogP contribution is -2.45. The van der Waals surface area contributed by atoms with Crippen molar-refractivity contribution in [3.05, 3.63) is 0 Å². The molecule has 2 aliphatic carbocycles. The Bertz CT molecular complexity index is 313. The van der Waals surface area contributed by atoms with Gasteiger partial charge >= 0.3 is 0 Å². The Hall–Kier alpha value is -0.570. The molecule has 3 nitrogen and oxygen atoms in total. The van der Waals surface area contributed by atoms with E-state index >= 15 is 0 Å². The molecule has 2 rings (SSSR count). The molecule has 3 atom stereocenters. The summed E-state index contributed by atoms with van der Waals surface area (Å²) in [4.78, 5) is 12.1. The lowest BCUT2D eigenvalue weighted by atomic mass is 9.64. The molecule has 0 aromatic rings. The third-order valence-electron chi connectivity index (χ3n) is 5.63. The van der Waals surface area contributed by atoms with Crippen LogP contribution in [0.25, 0.3) is 0 Å². The summed E-state index contributed by atoms with van der Waals surface area (Å²) in [7, 11) is 1.69. The van der Waals surface area contributed by atoms with E-state index in [1.54, 1.807) is 7.05 Å². The van der Waals surface area contributed by atoms with Crippen LogP contribution in [0.5, 0.6) is 0 Å². The first-order valence-electron chi connectivity index (χ1n) is 5.72. The second kappa shape index (κ2) is 2.76. The zero-order chi connectivity index (χ0) is 11.5. The van der Waals surface area contributed by atoms with Crippen LogP contribution in [0.4, 0.5) is 0 Å². The van der Waals surface area contributed by atoms with Gasteiger partial charge in [-0.3, -0.25) is 4.79 Å². The monoisotopic (exact) mass is 211 g/mol. The Morgan fingerprint density at radius 2 is 1.93 bits per heavy atom. The summed E-state index contributed by atoms with van der Waals surface area (Å²) >= 11 is 0. The van der Waals surface area contributed by atoms with Crippen molar-refractivity contribution in [3.8, 4) is 0 Å². The summed E-state index contributed by atoms with van der Waals surface area (Å²) in [6.07, 6.45) is 2.15. The minimum absolute atomic E-state index is 0.0977. The van der Waals surface area contributed by atoms with E-state index in [1.807, 2.05) is 0 Å². The number of fused-ring (bicyclic) bond motifs is 2. The average molecular weight is 211 g/mol. The average Bonchev–Trinajstić information content (AvgIpc) is 2.47. The molecule has 15 heavy (non-hydrogen) atoms. The molecule has 86 valence electrons. The molecule has 0 saturated heterocycles. The van der Waals surface area contributed by atoms with Crippen LogP contribution >= 0.6 is 0 Å². The van der Waals surface area contributed by atoms with Crippen molar-refractivity contribution in [2.75, 3.05) is 7.05 Å². The highest BCUT2D eigenvalue weighted by Gasteiger charge is 2.71. The first-order chi connectivity index (χ1) is 6.82. The number of rotatable bonds is 1. The number of hydrogen-bond acceptors (Lipinski definition) is 2. The zero-order valence-electron chi connectivity index (χ0n) is 10.1. The van der Waals surface area contributed by atoms with Crippen LogP contribution in [0.15, 0.2) is 0 Å². The van der Waals surface area contributed by atoms with E-state index in [2.05, 4.69) is 26.1 Å². The van der Waals surface area contributed by atoms with E-state index in [9.17, 15) is 9.90 Å². The highest BCUT2D eigenvalue weighted by atomic mass is 16.3. The highest BCUT2D eigenvalue weighted by molar-refractivity contribution is 5.84. The number of aliphatic hydroxyl groups excluding tert-OH is 1. The predicted octanol–water partition coefficient (Wildman–Crippen LogP) is 1.31. The Morgan fingerprint density at radius 1 is 1.33 bits per heavy atom. The molecule has 0 spiro atoms. The SMILES string of the molecule is CNC(=O)[C@@]12CC[C@@](C)([C@H](O)C1)C2(C)C. The van der Waals surface area contributed by atoms with Gasteiger partial charge in [0, 0.05) is 7.05 Å². The van der Waals surface area contributed by atoms with E-state index in [1.165, 1.54) is 0 Å². The van der Waals surface area contributed by atoms with Gasteiger partial charge in [-0.15, -0.1) is 0 Å². The summed E-state index contributed by atoms with van der Waals surface area (Å²) in [5.41, 5.74) is -0.561. The van der Waals surface area contributed by atoms with Gasteiger partial charge in [-0.05, 0) is 30.1 Å². The topological polar surface area (TPSA) is 49.3 Å². The molecular weight excluding hydrogens is 190 g/mol. The minimum atomic E-state index is -0.351. The lowest BCUT2D eigenvalue weighted by Gasteiger charge is -2.39. The number of nitrogens with one attached hydrogen (secondary N) is 1. The van der Waals surface area contributed by atoms with Gasteiger partial charge in [0.1, 0.15) is 0 Å². The minimum Gasteiger partial charge on any atom is -0.393 e. The molecule has 2 aliphatic rings. The number of carbonyl (C=O) groups is 1. The first-order valence-corrected chi connectivity index (χ1v) is 5.72. The van der Waals surface area contributed by atoms with Gasteiger partial charge in [0.2, 0.25) is 5.91 Å². The fourth-order valence-electron chi connectivity index (χ4n) is 3.87. The van der Waals surface area contributed by atoms with Gasteiger partial charge in [0.25, 0.3) is 0 Å². The number of aliphatic hydroxyl groups is 1. The van der Waals surface area contributed by atoms with Crippen LogP contribution in [-0.2, 0) is 4.79 Å². The molecule has 0 aliphatic heterocycles. The summed E-state index contributed by atoms with van der Waals surface area (Å²) in [5.74, 6) is 0.104. The quantitative estimate of drug-likeness (QED) is 0.687. The molecule has 2 fully saturated rings. The third-order valence-corrected chi connectivity index (χ3v) is 5.63. The summed E-state index contributed by atoms with van der Waals surface area (Å²) in [6.45, 7) is 6.38. The van der Waals surface area contributed by atoms with Crippen LogP contribution in [0.3, 0.4) is 0 Å². The van der Waals surface area contributed by atoms with Gasteiger partial charge < -0.3 is 10.4 Å². The van der Waals surface area contributed by atoms with Crippen LogP contribution < -0.4 is 5.32 Å². The van der Waals surface area contributed by atoms with Gasteiger partial charge in [-0.1, -0.05) is 20.8 Å². The van der Waals surface area contributed by atoms with E-state index in [4.69, 9.17) is 0 Å². The van der Waals surface area contributed by atoms with Gasteiger partial charge in [0.05, 0.1) is 11.5 Å². The lowest BCUT2D eigenvalue weighted by molar-refractivity contribution is -0.135. The van der Waals surface area contributed by atoms with E-state index in [0.717, 1.165) is 12.8 Å². The summed E-state index contributed by atoms with van der Waals surface area (Å²) in [5, 5.41) is 12.9. The Kier molecular flexibility index (Phi) is 2.01. The van der Waals surface area contributed by atoms with Gasteiger partial charge in [-0.25, -0.2) is 0 Å². The van der Waals surface area contributed by atoms with Crippen LogP contribution in [0.2, 0.25) is 0 Å². The predicted molar refractivity (Wildman–Crippen MR) is 58.2 cm³/mol. The zero-order valence-corrected chi connectivity index (χ0v) is 10.1. The fourth-order valence-corrected chi connectivity index (χ4v) is 3.87. The first kappa shape index (κ1) is 10.9. The summed E-state index contributed by atoms with van der Waals surface area (Å²) in [6, 6.07) is 0. The van der Waals surface area contributed by atoms with Gasteiger partial charge in [0.15, 0.2) is 0 Å². The van der Waals surface area contributed by atoms with Gasteiger partial charge in [-0.2, -0.15) is 0 Å². The fraction of sp³-hybridized carbons (Fsp3) is 0.917. The van der Waals surface area contributed by atoms with Crippen molar-refractivity contribution in [1.29, 1.82) is 0 Å². The Labute approximate surface area is 91.2 Å². The molecule has 2 N–H and O–H groups in total. The molecule has 0 heterocycles. The van der Waals surface area contributed by atoms with E-state index in [-0.39, 0.29) is 28.3 Å². The molecule has 0 aromatic heterocycles. The second-order valence-corrected chi connectivity index (χ2v) is 5.92. The maximum atomic E-state index is 12.1. The Balaban J connectivity index is 2.49. The van der Waals surface area contributed by atoms with Crippen LogP contribution in [0, 0.1) is 16.2 Å². The smallest absolute Gasteiger partial charge is 0.226 e. The highest BCUT2D eigenvalue weighted by Crippen LogP contribution is 2.72. The number of amides is 1. The van der Waals surface area contributed by atoms with Crippen molar-refractivity contribution in [2.45, 2.75) is 46.1 Å². The second-order valence-electron chi connectivity index (χ2n) is 5.92. The van der Waals surface area contributed by atoms with Crippen molar-refractivity contribution in [2.24, 2.45) is 16.2 Å². The third kappa shape index (κ3) is 0.930. The standard InChI is InChI=1S/C12H21NO2/c1-10(2)11(3)5-6-12(10,7-8(11)14)9(15)13-4/h8,14H,5-7H2,1-4H3,(H,13,15)/t8-,11+,12-/m1/s1. The molecule has 2 bridgehead atoms. The molecular formula is C12H21NO2. The number of carbonyl (C=O) groups excluding carboxylic acids is 1. The maximum absolute atomic E-state index is 12.1. The number of hydrogen-bond donors (Lipinski definition) is 2.